The van der Waals surface area contributed by atoms with E-state index in [0.717, 1.165) is 21.9 Å². The summed E-state index contributed by atoms with van der Waals surface area (Å²) < 4.78 is 1.54. The SMILES string of the molecule is Cc1csc(=O)n1CCN1C(=O)N[C@@](C)(c2ccc(Cl)cc2Cl)C1=O. The first kappa shape index (κ1) is 18.0. The highest BCUT2D eigenvalue weighted by molar-refractivity contribution is 7.07. The molecule has 0 spiro atoms. The third-order valence-electron chi connectivity index (χ3n) is 4.27. The van der Waals surface area contributed by atoms with Gasteiger partial charge in [0.2, 0.25) is 0 Å². The molecule has 1 aromatic carbocycles. The molecule has 1 N–H and O–H groups in total. The van der Waals surface area contributed by atoms with E-state index in [1.165, 1.54) is 10.6 Å². The van der Waals surface area contributed by atoms with Crippen LogP contribution in [0.25, 0.3) is 0 Å². The molecule has 1 aliphatic rings. The third kappa shape index (κ3) is 3.07. The second-order valence-corrected chi connectivity index (χ2v) is 7.60. The summed E-state index contributed by atoms with van der Waals surface area (Å²) in [6.07, 6.45) is 0. The van der Waals surface area contributed by atoms with Crippen molar-refractivity contribution >= 4 is 46.5 Å². The zero-order valence-electron chi connectivity index (χ0n) is 13.5. The maximum atomic E-state index is 12.9. The molecule has 1 aliphatic heterocycles. The Bertz CT molecular complexity index is 924. The molecule has 3 rings (SSSR count). The van der Waals surface area contributed by atoms with Gasteiger partial charge in [0.1, 0.15) is 5.54 Å². The van der Waals surface area contributed by atoms with Gasteiger partial charge in [-0.05, 0) is 26.0 Å². The van der Waals surface area contributed by atoms with Gasteiger partial charge in [-0.25, -0.2) is 4.79 Å². The normalized spacial score (nSPS) is 20.2. The zero-order chi connectivity index (χ0) is 18.4. The Hall–Kier alpha value is -1.83. The number of amides is 3. The standard InChI is InChI=1S/C16H15Cl2N3O3S/c1-9-8-25-15(24)20(9)5-6-21-13(22)16(2,19-14(21)23)11-4-3-10(17)7-12(11)18/h3-4,7-8H,5-6H2,1-2H3,(H,19,23)/t16-/m0/s1. The van der Waals surface area contributed by atoms with Crippen molar-refractivity contribution in [1.82, 2.24) is 14.8 Å². The lowest BCUT2D eigenvalue weighted by atomic mass is 9.92. The number of thiazole rings is 1. The number of nitrogens with zero attached hydrogens (tertiary/aromatic N) is 2. The van der Waals surface area contributed by atoms with Crippen LogP contribution >= 0.6 is 34.5 Å². The molecular weight excluding hydrogens is 385 g/mol. The third-order valence-corrected chi connectivity index (χ3v) is 5.70. The lowest BCUT2D eigenvalue weighted by molar-refractivity contribution is -0.131. The fourth-order valence-electron chi connectivity index (χ4n) is 2.85. The molecule has 132 valence electrons. The molecule has 1 aromatic heterocycles. The van der Waals surface area contributed by atoms with E-state index in [-0.39, 0.29) is 18.0 Å². The number of carbonyl (C=O) groups is 2. The lowest BCUT2D eigenvalue weighted by Gasteiger charge is -2.23. The second kappa shape index (κ2) is 6.48. The number of urea groups is 1. The smallest absolute Gasteiger partial charge is 0.319 e. The van der Waals surface area contributed by atoms with Crippen LogP contribution < -0.4 is 10.2 Å². The first-order valence-electron chi connectivity index (χ1n) is 7.48. The summed E-state index contributed by atoms with van der Waals surface area (Å²) >= 11 is 13.2. The minimum Gasteiger partial charge on any atom is -0.319 e. The Labute approximate surface area is 158 Å². The number of carbonyl (C=O) groups excluding carboxylic acids is 2. The highest BCUT2D eigenvalue weighted by atomic mass is 35.5. The molecule has 0 bridgehead atoms. The average Bonchev–Trinajstić information content (AvgIpc) is 2.96. The van der Waals surface area contributed by atoms with Gasteiger partial charge >= 0.3 is 10.9 Å². The molecule has 1 atom stereocenters. The molecule has 0 unspecified atom stereocenters. The quantitative estimate of drug-likeness (QED) is 0.803. The van der Waals surface area contributed by atoms with Crippen molar-refractivity contribution < 1.29 is 9.59 Å². The van der Waals surface area contributed by atoms with Crippen LogP contribution in [0.4, 0.5) is 4.79 Å². The van der Waals surface area contributed by atoms with Crippen LogP contribution in [-0.4, -0.2) is 28.0 Å². The summed E-state index contributed by atoms with van der Waals surface area (Å²) in [5, 5.41) is 5.18. The van der Waals surface area contributed by atoms with Crippen molar-refractivity contribution in [2.45, 2.75) is 25.9 Å². The summed E-state index contributed by atoms with van der Waals surface area (Å²) in [6, 6.07) is 4.25. The number of aryl methyl sites for hydroxylation is 1. The minimum absolute atomic E-state index is 0.100. The largest absolute Gasteiger partial charge is 0.325 e. The molecule has 1 saturated heterocycles. The fourth-order valence-corrected chi connectivity index (χ4v) is 4.21. The van der Waals surface area contributed by atoms with Crippen LogP contribution in [0.15, 0.2) is 28.4 Å². The number of halogens is 2. The predicted molar refractivity (Wildman–Crippen MR) is 97.4 cm³/mol. The van der Waals surface area contributed by atoms with Crippen molar-refractivity contribution in [3.8, 4) is 0 Å². The first-order valence-corrected chi connectivity index (χ1v) is 9.12. The zero-order valence-corrected chi connectivity index (χ0v) is 15.8. The van der Waals surface area contributed by atoms with E-state index in [2.05, 4.69) is 5.32 Å². The number of benzene rings is 1. The van der Waals surface area contributed by atoms with Gasteiger partial charge in [-0.2, -0.15) is 0 Å². The van der Waals surface area contributed by atoms with Gasteiger partial charge in [0.05, 0.1) is 0 Å². The van der Waals surface area contributed by atoms with E-state index in [1.54, 1.807) is 31.4 Å². The molecular formula is C16H15Cl2N3O3S. The molecule has 2 aromatic rings. The second-order valence-electron chi connectivity index (χ2n) is 5.93. The topological polar surface area (TPSA) is 71.4 Å². The van der Waals surface area contributed by atoms with Crippen molar-refractivity contribution in [2.24, 2.45) is 0 Å². The Kier molecular flexibility index (Phi) is 4.66. The fraction of sp³-hybridized carbons (Fsp3) is 0.312. The summed E-state index contributed by atoms with van der Waals surface area (Å²) in [4.78, 5) is 38.0. The molecule has 1 fully saturated rings. The number of nitrogens with one attached hydrogen (secondary N) is 1. The van der Waals surface area contributed by atoms with E-state index in [1.807, 2.05) is 0 Å². The average molecular weight is 400 g/mol. The lowest BCUT2D eigenvalue weighted by Crippen LogP contribution is -2.41. The van der Waals surface area contributed by atoms with E-state index in [9.17, 15) is 14.4 Å². The van der Waals surface area contributed by atoms with E-state index in [0.29, 0.717) is 15.6 Å². The van der Waals surface area contributed by atoms with Crippen LogP contribution in [-0.2, 0) is 16.9 Å². The van der Waals surface area contributed by atoms with Crippen LogP contribution in [0, 0.1) is 6.92 Å². The van der Waals surface area contributed by atoms with Gasteiger partial charge in [-0.3, -0.25) is 14.5 Å². The Morgan fingerprint density at radius 1 is 1.20 bits per heavy atom. The molecule has 6 nitrogen and oxygen atoms in total. The van der Waals surface area contributed by atoms with Crippen LogP contribution in [0.5, 0.6) is 0 Å². The highest BCUT2D eigenvalue weighted by Gasteiger charge is 2.49. The van der Waals surface area contributed by atoms with E-state index in [4.69, 9.17) is 23.2 Å². The maximum absolute atomic E-state index is 12.9. The molecule has 0 radical (unpaired) electrons. The molecule has 9 heteroatoms. The molecule has 0 aliphatic carbocycles. The highest BCUT2D eigenvalue weighted by Crippen LogP contribution is 2.34. The summed E-state index contributed by atoms with van der Waals surface area (Å²) in [5.41, 5.74) is 0.00166. The number of aromatic nitrogens is 1. The summed E-state index contributed by atoms with van der Waals surface area (Å²) in [6.45, 7) is 3.76. The summed E-state index contributed by atoms with van der Waals surface area (Å²) in [7, 11) is 0. The van der Waals surface area contributed by atoms with Crippen molar-refractivity contribution in [2.75, 3.05) is 6.54 Å². The maximum Gasteiger partial charge on any atom is 0.325 e. The van der Waals surface area contributed by atoms with E-state index >= 15 is 0 Å². The van der Waals surface area contributed by atoms with Crippen molar-refractivity contribution in [3.63, 3.8) is 0 Å². The van der Waals surface area contributed by atoms with Gasteiger partial charge in [0.15, 0.2) is 0 Å². The molecule has 3 amide bonds. The van der Waals surface area contributed by atoms with Crippen molar-refractivity contribution in [1.29, 1.82) is 0 Å². The van der Waals surface area contributed by atoms with Crippen LogP contribution in [0.2, 0.25) is 10.0 Å². The molecule has 2 heterocycles. The van der Waals surface area contributed by atoms with E-state index < -0.39 is 17.5 Å². The Morgan fingerprint density at radius 2 is 1.92 bits per heavy atom. The number of imide groups is 1. The molecule has 25 heavy (non-hydrogen) atoms. The number of hydrogen-bond acceptors (Lipinski definition) is 4. The summed E-state index contributed by atoms with van der Waals surface area (Å²) in [5.74, 6) is -0.414. The number of hydrogen-bond donors (Lipinski definition) is 1. The minimum atomic E-state index is -1.27. The van der Waals surface area contributed by atoms with Gasteiger partial charge in [-0.15, -0.1) is 0 Å². The Morgan fingerprint density at radius 3 is 2.52 bits per heavy atom. The van der Waals surface area contributed by atoms with Crippen molar-refractivity contribution in [3.05, 3.63) is 54.5 Å². The van der Waals surface area contributed by atoms with Crippen LogP contribution in [0.3, 0.4) is 0 Å². The monoisotopic (exact) mass is 399 g/mol. The van der Waals surface area contributed by atoms with Gasteiger partial charge in [0, 0.05) is 39.8 Å². The van der Waals surface area contributed by atoms with Crippen LogP contribution in [0.1, 0.15) is 18.2 Å². The number of rotatable bonds is 4. The van der Waals surface area contributed by atoms with Gasteiger partial charge < -0.3 is 9.88 Å². The molecule has 0 saturated carbocycles. The van der Waals surface area contributed by atoms with Gasteiger partial charge in [-0.1, -0.05) is 40.6 Å². The first-order chi connectivity index (χ1) is 11.7. The predicted octanol–water partition coefficient (Wildman–Crippen LogP) is 2.99. The Balaban J connectivity index is 1.85. The van der Waals surface area contributed by atoms with Gasteiger partial charge in [0.25, 0.3) is 5.91 Å².